The second-order valence-electron chi connectivity index (χ2n) is 4.50. The van der Waals surface area contributed by atoms with Crippen molar-refractivity contribution in [2.45, 2.75) is 12.5 Å². The van der Waals surface area contributed by atoms with E-state index in [9.17, 15) is 20.1 Å². The molecule has 110 valence electrons. The predicted octanol–water partition coefficient (Wildman–Crippen LogP) is 2.11. The van der Waals surface area contributed by atoms with Crippen LogP contribution in [0.25, 0.3) is 0 Å². The third kappa shape index (κ3) is 2.68. The van der Waals surface area contributed by atoms with Crippen LogP contribution in [0.5, 0.6) is 11.5 Å². The highest BCUT2D eigenvalue weighted by Crippen LogP contribution is 2.35. The molecule has 0 spiro atoms. The van der Waals surface area contributed by atoms with Crippen LogP contribution in [0.15, 0.2) is 48.5 Å². The van der Waals surface area contributed by atoms with Gasteiger partial charge in [-0.05, 0) is 24.6 Å². The number of carbonyl (C=O) groups is 1. The fraction of sp³-hybridized carbons (Fsp3) is 0.188. The predicted molar refractivity (Wildman–Crippen MR) is 76.4 cm³/mol. The van der Waals surface area contributed by atoms with Gasteiger partial charge in [-0.2, -0.15) is 0 Å². The molecule has 5 heteroatoms. The molecule has 0 saturated carbocycles. The molecule has 0 radical (unpaired) electrons. The molecular formula is C16H16O5. The second-order valence-corrected chi connectivity index (χ2v) is 4.50. The van der Waals surface area contributed by atoms with E-state index >= 15 is 0 Å². The number of hydrogen-bond acceptors (Lipinski definition) is 4. The van der Waals surface area contributed by atoms with Crippen molar-refractivity contribution in [2.24, 2.45) is 0 Å². The molecule has 0 aliphatic heterocycles. The SMILES string of the molecule is CCOc1cc(C(O)(C(=O)O)c2ccccc2)ccc1O. The Morgan fingerprint density at radius 2 is 1.81 bits per heavy atom. The molecule has 2 aromatic carbocycles. The minimum absolute atomic E-state index is 0.110. The maximum atomic E-state index is 11.6. The normalized spacial score (nSPS) is 13.4. The van der Waals surface area contributed by atoms with E-state index in [1.54, 1.807) is 25.1 Å². The van der Waals surface area contributed by atoms with Crippen LogP contribution in [0, 0.1) is 0 Å². The van der Waals surface area contributed by atoms with Gasteiger partial charge in [0.15, 0.2) is 11.5 Å². The Morgan fingerprint density at radius 3 is 2.38 bits per heavy atom. The van der Waals surface area contributed by atoms with Crippen molar-refractivity contribution in [2.75, 3.05) is 6.61 Å². The molecular weight excluding hydrogens is 272 g/mol. The van der Waals surface area contributed by atoms with Crippen LogP contribution in [0.3, 0.4) is 0 Å². The third-order valence-corrected chi connectivity index (χ3v) is 3.18. The summed E-state index contributed by atoms with van der Waals surface area (Å²) in [6.45, 7) is 2.06. The highest BCUT2D eigenvalue weighted by molar-refractivity contribution is 5.84. The first-order valence-corrected chi connectivity index (χ1v) is 6.47. The molecule has 21 heavy (non-hydrogen) atoms. The summed E-state index contributed by atoms with van der Waals surface area (Å²) in [4.78, 5) is 11.6. The number of carboxylic acids is 1. The zero-order valence-corrected chi connectivity index (χ0v) is 11.5. The zero-order valence-electron chi connectivity index (χ0n) is 11.5. The smallest absolute Gasteiger partial charge is 0.345 e. The summed E-state index contributed by atoms with van der Waals surface area (Å²) < 4.78 is 5.23. The summed E-state index contributed by atoms with van der Waals surface area (Å²) in [7, 11) is 0. The summed E-state index contributed by atoms with van der Waals surface area (Å²) in [6.07, 6.45) is 0. The van der Waals surface area contributed by atoms with E-state index in [0.717, 1.165) is 0 Å². The van der Waals surface area contributed by atoms with Gasteiger partial charge in [-0.3, -0.25) is 0 Å². The van der Waals surface area contributed by atoms with Crippen molar-refractivity contribution in [3.63, 3.8) is 0 Å². The lowest BCUT2D eigenvalue weighted by molar-refractivity contribution is -0.155. The third-order valence-electron chi connectivity index (χ3n) is 3.18. The molecule has 5 nitrogen and oxygen atoms in total. The number of aromatic hydroxyl groups is 1. The molecule has 0 bridgehead atoms. The van der Waals surface area contributed by atoms with Crippen LogP contribution >= 0.6 is 0 Å². The molecule has 3 N–H and O–H groups in total. The van der Waals surface area contributed by atoms with Gasteiger partial charge < -0.3 is 20.1 Å². The van der Waals surface area contributed by atoms with Crippen molar-refractivity contribution in [3.8, 4) is 11.5 Å². The van der Waals surface area contributed by atoms with Gasteiger partial charge in [0.1, 0.15) is 0 Å². The number of benzene rings is 2. The molecule has 1 unspecified atom stereocenters. The van der Waals surface area contributed by atoms with Crippen LogP contribution < -0.4 is 4.74 Å². The molecule has 0 aromatic heterocycles. The van der Waals surface area contributed by atoms with Crippen molar-refractivity contribution in [3.05, 3.63) is 59.7 Å². The average molecular weight is 288 g/mol. The molecule has 0 aliphatic rings. The van der Waals surface area contributed by atoms with Crippen molar-refractivity contribution in [1.82, 2.24) is 0 Å². The maximum Gasteiger partial charge on any atom is 0.345 e. The lowest BCUT2D eigenvalue weighted by Crippen LogP contribution is -2.36. The highest BCUT2D eigenvalue weighted by Gasteiger charge is 2.40. The number of aliphatic carboxylic acids is 1. The quantitative estimate of drug-likeness (QED) is 0.784. The molecule has 0 amide bonds. The number of aliphatic hydroxyl groups is 1. The van der Waals surface area contributed by atoms with Gasteiger partial charge in [0, 0.05) is 5.56 Å². The van der Waals surface area contributed by atoms with Gasteiger partial charge in [0.05, 0.1) is 6.61 Å². The van der Waals surface area contributed by atoms with Gasteiger partial charge in [-0.25, -0.2) is 4.79 Å². The van der Waals surface area contributed by atoms with E-state index in [1.807, 2.05) is 0 Å². The van der Waals surface area contributed by atoms with E-state index in [-0.39, 0.29) is 22.6 Å². The topological polar surface area (TPSA) is 87.0 Å². The Hall–Kier alpha value is -2.53. The van der Waals surface area contributed by atoms with Crippen LogP contribution in [0.4, 0.5) is 0 Å². The summed E-state index contributed by atoms with van der Waals surface area (Å²) in [5.74, 6) is -1.38. The minimum Gasteiger partial charge on any atom is -0.504 e. The first-order valence-electron chi connectivity index (χ1n) is 6.47. The largest absolute Gasteiger partial charge is 0.504 e. The molecule has 2 aromatic rings. The molecule has 0 heterocycles. The van der Waals surface area contributed by atoms with Crippen LogP contribution in [-0.4, -0.2) is 27.9 Å². The number of hydrogen-bond donors (Lipinski definition) is 3. The van der Waals surface area contributed by atoms with Crippen molar-refractivity contribution < 1.29 is 24.9 Å². The number of ether oxygens (including phenoxy) is 1. The lowest BCUT2D eigenvalue weighted by atomic mass is 9.86. The summed E-state index contributed by atoms with van der Waals surface area (Å²) in [6, 6.07) is 12.1. The van der Waals surface area contributed by atoms with Gasteiger partial charge in [0.25, 0.3) is 0 Å². The first-order chi connectivity index (χ1) is 10.00. The van der Waals surface area contributed by atoms with Gasteiger partial charge >= 0.3 is 5.97 Å². The van der Waals surface area contributed by atoms with Crippen LogP contribution in [0.1, 0.15) is 18.1 Å². The summed E-state index contributed by atoms with van der Waals surface area (Å²) in [5, 5.41) is 29.8. The van der Waals surface area contributed by atoms with Gasteiger partial charge in [-0.15, -0.1) is 0 Å². The Balaban J connectivity index is 2.59. The highest BCUT2D eigenvalue weighted by atomic mass is 16.5. The van der Waals surface area contributed by atoms with Crippen molar-refractivity contribution in [1.29, 1.82) is 0 Å². The number of phenolic OH excluding ortho intramolecular Hbond substituents is 1. The van der Waals surface area contributed by atoms with E-state index in [4.69, 9.17) is 4.74 Å². The molecule has 0 aliphatic carbocycles. The van der Waals surface area contributed by atoms with Gasteiger partial charge in [0.2, 0.25) is 5.60 Å². The molecule has 2 rings (SSSR count). The fourth-order valence-corrected chi connectivity index (χ4v) is 2.10. The van der Waals surface area contributed by atoms with E-state index in [1.165, 1.54) is 30.3 Å². The Kier molecular flexibility index (Phi) is 4.14. The number of phenols is 1. The summed E-state index contributed by atoms with van der Waals surface area (Å²) >= 11 is 0. The van der Waals surface area contributed by atoms with E-state index in [0.29, 0.717) is 6.61 Å². The monoisotopic (exact) mass is 288 g/mol. The Labute approximate surface area is 122 Å². The standard InChI is InChI=1S/C16H16O5/c1-2-21-14-10-12(8-9-13(14)17)16(20,15(18)19)11-6-4-3-5-7-11/h3-10,17,20H,2H2,1H3,(H,18,19). The van der Waals surface area contributed by atoms with Crippen LogP contribution in [0.2, 0.25) is 0 Å². The number of carboxylic acid groups (broad SMARTS) is 1. The second kappa shape index (κ2) is 5.85. The van der Waals surface area contributed by atoms with Crippen LogP contribution in [-0.2, 0) is 10.4 Å². The Morgan fingerprint density at radius 1 is 1.14 bits per heavy atom. The minimum atomic E-state index is -2.21. The first kappa shape index (κ1) is 14.9. The van der Waals surface area contributed by atoms with Gasteiger partial charge in [-0.1, -0.05) is 36.4 Å². The lowest BCUT2D eigenvalue weighted by Gasteiger charge is -2.25. The molecule has 0 fully saturated rings. The zero-order chi connectivity index (χ0) is 15.5. The Bertz CT molecular complexity index is 638. The van der Waals surface area contributed by atoms with E-state index in [2.05, 4.69) is 0 Å². The summed E-state index contributed by atoms with van der Waals surface area (Å²) in [5.41, 5.74) is -1.87. The van der Waals surface area contributed by atoms with Crippen molar-refractivity contribution >= 4 is 5.97 Å². The molecule has 1 atom stereocenters. The maximum absolute atomic E-state index is 11.6. The molecule has 0 saturated heterocycles. The average Bonchev–Trinajstić information content (AvgIpc) is 2.49. The number of rotatable bonds is 5. The van der Waals surface area contributed by atoms with E-state index < -0.39 is 11.6 Å². The fourth-order valence-electron chi connectivity index (χ4n) is 2.10.